The summed E-state index contributed by atoms with van der Waals surface area (Å²) < 4.78 is 1.25. The van der Waals surface area contributed by atoms with E-state index in [9.17, 15) is 0 Å². The maximum atomic E-state index is 3.94. The molecule has 4 fully saturated rings. The molecule has 4 bridgehead atoms. The van der Waals surface area contributed by atoms with Gasteiger partial charge in [0.2, 0.25) is 0 Å². The first-order valence-electron chi connectivity index (χ1n) is 7.19. The molecule has 98 valence electrons. The number of nitrogens with one attached hydrogen (secondary N) is 1. The summed E-state index contributed by atoms with van der Waals surface area (Å²) in [5, 5.41) is 6.22. The Balaban J connectivity index is 1.47. The predicted molar refractivity (Wildman–Crippen MR) is 79.8 cm³/mol. The zero-order valence-corrected chi connectivity index (χ0v) is 13.0. The molecule has 1 N–H and O–H groups in total. The minimum absolute atomic E-state index is 0.503. The third-order valence-corrected chi connectivity index (χ3v) is 6.88. The van der Waals surface area contributed by atoms with Gasteiger partial charge in [-0.05, 0) is 89.2 Å². The number of rotatable bonds is 3. The van der Waals surface area contributed by atoms with Gasteiger partial charge in [-0.15, -0.1) is 11.3 Å². The molecule has 0 spiro atoms. The second-order valence-corrected chi connectivity index (χ2v) is 9.10. The van der Waals surface area contributed by atoms with E-state index in [-0.39, 0.29) is 0 Å². The third-order valence-electron chi connectivity index (χ3n) is 5.33. The number of halogens is 1. The van der Waals surface area contributed by atoms with Gasteiger partial charge < -0.3 is 5.32 Å². The van der Waals surface area contributed by atoms with E-state index in [1.165, 1.54) is 47.9 Å². The fourth-order valence-electron chi connectivity index (χ4n) is 5.06. The highest BCUT2D eigenvalue weighted by Gasteiger charge is 2.50. The number of thiophene rings is 1. The first-order valence-corrected chi connectivity index (χ1v) is 8.86. The molecule has 1 aromatic heterocycles. The van der Waals surface area contributed by atoms with Crippen LogP contribution in [0.2, 0.25) is 0 Å². The fraction of sp³-hybridized carbons (Fsp3) is 0.733. The van der Waals surface area contributed by atoms with E-state index >= 15 is 0 Å². The highest BCUT2D eigenvalue weighted by molar-refractivity contribution is 9.11. The monoisotopic (exact) mass is 325 g/mol. The van der Waals surface area contributed by atoms with Gasteiger partial charge >= 0.3 is 0 Å². The van der Waals surface area contributed by atoms with Gasteiger partial charge in [0.25, 0.3) is 0 Å². The van der Waals surface area contributed by atoms with Crippen LogP contribution in [0.4, 0.5) is 0 Å². The maximum Gasteiger partial charge on any atom is 0.0701 e. The Bertz CT molecular complexity index is 418. The van der Waals surface area contributed by atoms with Crippen molar-refractivity contribution >= 4 is 27.3 Å². The van der Waals surface area contributed by atoms with Crippen molar-refractivity contribution < 1.29 is 0 Å². The lowest BCUT2D eigenvalue weighted by molar-refractivity contribution is -0.0205. The van der Waals surface area contributed by atoms with Crippen LogP contribution in [0.3, 0.4) is 0 Å². The van der Waals surface area contributed by atoms with Gasteiger partial charge in [0.15, 0.2) is 0 Å². The van der Waals surface area contributed by atoms with Gasteiger partial charge in [0.1, 0.15) is 0 Å². The van der Waals surface area contributed by atoms with Crippen molar-refractivity contribution in [1.82, 2.24) is 5.32 Å². The van der Waals surface area contributed by atoms with Crippen molar-refractivity contribution in [3.05, 3.63) is 20.8 Å². The maximum absolute atomic E-state index is 3.94. The number of hydrogen-bond acceptors (Lipinski definition) is 2. The molecular formula is C15H20BrNS. The molecular weight excluding hydrogens is 306 g/mol. The summed E-state index contributed by atoms with van der Waals surface area (Å²) in [6, 6.07) is 2.26. The Morgan fingerprint density at radius 2 is 1.78 bits per heavy atom. The molecule has 0 atom stereocenters. The average Bonchev–Trinajstić information content (AvgIpc) is 2.71. The second kappa shape index (κ2) is 4.32. The van der Waals surface area contributed by atoms with Gasteiger partial charge in [-0.3, -0.25) is 0 Å². The van der Waals surface area contributed by atoms with Gasteiger partial charge in [-0.25, -0.2) is 0 Å². The molecule has 1 heterocycles. The molecule has 1 aromatic rings. The molecule has 0 saturated heterocycles. The van der Waals surface area contributed by atoms with Crippen LogP contribution in [0.25, 0.3) is 0 Å². The van der Waals surface area contributed by atoms with Crippen LogP contribution in [-0.4, -0.2) is 5.54 Å². The minimum atomic E-state index is 0.503. The zero-order valence-electron chi connectivity index (χ0n) is 10.6. The highest BCUT2D eigenvalue weighted by Crippen LogP contribution is 2.55. The summed E-state index contributed by atoms with van der Waals surface area (Å²) in [5.74, 6) is 3.12. The average molecular weight is 326 g/mol. The molecule has 1 nitrogen and oxygen atoms in total. The van der Waals surface area contributed by atoms with Crippen LogP contribution in [0, 0.1) is 17.8 Å². The minimum Gasteiger partial charge on any atom is -0.307 e. The SMILES string of the molecule is Brc1cc(CNC23CC4CC(CC(C4)C2)C3)cs1. The lowest BCUT2D eigenvalue weighted by Crippen LogP contribution is -2.58. The van der Waals surface area contributed by atoms with Crippen molar-refractivity contribution in [1.29, 1.82) is 0 Å². The van der Waals surface area contributed by atoms with E-state index in [1.54, 1.807) is 11.3 Å². The van der Waals surface area contributed by atoms with Crippen LogP contribution in [0.15, 0.2) is 15.2 Å². The van der Waals surface area contributed by atoms with Gasteiger partial charge in [0.05, 0.1) is 3.79 Å². The molecule has 0 radical (unpaired) electrons. The molecule has 3 heteroatoms. The van der Waals surface area contributed by atoms with E-state index in [1.807, 2.05) is 0 Å². The van der Waals surface area contributed by atoms with Crippen LogP contribution < -0.4 is 5.32 Å². The summed E-state index contributed by atoms with van der Waals surface area (Å²) in [6.45, 7) is 1.06. The lowest BCUT2D eigenvalue weighted by Gasteiger charge is -2.57. The Morgan fingerprint density at radius 3 is 2.28 bits per heavy atom. The van der Waals surface area contributed by atoms with Crippen LogP contribution >= 0.6 is 27.3 Å². The Labute approximate surface area is 121 Å². The topological polar surface area (TPSA) is 12.0 Å². The molecule has 0 unspecified atom stereocenters. The Hall–Kier alpha value is 0.140. The molecule has 0 aromatic carbocycles. The standard InChI is InChI=1S/C15H20BrNS/c16-14-4-13(9-18-14)8-17-15-5-10-1-11(6-15)3-12(2-10)7-15/h4,9-12,17H,1-3,5-8H2. The van der Waals surface area contributed by atoms with Crippen LogP contribution in [0.1, 0.15) is 44.1 Å². The predicted octanol–water partition coefficient (Wildman–Crippen LogP) is 4.57. The van der Waals surface area contributed by atoms with Gasteiger partial charge in [0, 0.05) is 12.1 Å². The quantitative estimate of drug-likeness (QED) is 0.858. The first kappa shape index (κ1) is 11.9. The van der Waals surface area contributed by atoms with E-state index < -0.39 is 0 Å². The van der Waals surface area contributed by atoms with Gasteiger partial charge in [-0.2, -0.15) is 0 Å². The van der Waals surface area contributed by atoms with Crippen molar-refractivity contribution in [2.75, 3.05) is 0 Å². The molecule has 5 rings (SSSR count). The van der Waals surface area contributed by atoms with E-state index in [4.69, 9.17) is 0 Å². The normalized spacial score (nSPS) is 41.5. The summed E-state index contributed by atoms with van der Waals surface area (Å²) in [4.78, 5) is 0. The second-order valence-electron chi connectivity index (χ2n) is 6.81. The summed E-state index contributed by atoms with van der Waals surface area (Å²) >= 11 is 5.35. The molecule has 0 aliphatic heterocycles. The van der Waals surface area contributed by atoms with Crippen LogP contribution in [0.5, 0.6) is 0 Å². The first-order chi connectivity index (χ1) is 8.71. The van der Waals surface area contributed by atoms with Crippen molar-refractivity contribution in [3.8, 4) is 0 Å². The Kier molecular flexibility index (Phi) is 2.86. The van der Waals surface area contributed by atoms with E-state index in [2.05, 4.69) is 32.7 Å². The number of hydrogen-bond donors (Lipinski definition) is 1. The summed E-state index contributed by atoms with van der Waals surface area (Å²) in [7, 11) is 0. The molecule has 0 amide bonds. The lowest BCUT2D eigenvalue weighted by atomic mass is 9.53. The van der Waals surface area contributed by atoms with Crippen molar-refractivity contribution in [2.24, 2.45) is 17.8 Å². The third kappa shape index (κ3) is 2.08. The van der Waals surface area contributed by atoms with Crippen molar-refractivity contribution in [3.63, 3.8) is 0 Å². The largest absolute Gasteiger partial charge is 0.307 e. The van der Waals surface area contributed by atoms with Crippen LogP contribution in [-0.2, 0) is 6.54 Å². The van der Waals surface area contributed by atoms with E-state index in [0.29, 0.717) is 5.54 Å². The van der Waals surface area contributed by atoms with E-state index in [0.717, 1.165) is 24.3 Å². The summed E-state index contributed by atoms with van der Waals surface area (Å²) in [6.07, 6.45) is 8.94. The molecule has 4 aliphatic rings. The highest BCUT2D eigenvalue weighted by atomic mass is 79.9. The fourth-order valence-corrected chi connectivity index (χ4v) is 6.26. The van der Waals surface area contributed by atoms with Crippen molar-refractivity contribution in [2.45, 2.75) is 50.6 Å². The summed E-state index contributed by atoms with van der Waals surface area (Å²) in [5.41, 5.74) is 1.95. The Morgan fingerprint density at radius 1 is 1.17 bits per heavy atom. The smallest absolute Gasteiger partial charge is 0.0701 e. The van der Waals surface area contributed by atoms with Gasteiger partial charge in [-0.1, -0.05) is 0 Å². The molecule has 18 heavy (non-hydrogen) atoms. The zero-order chi connectivity index (χ0) is 12.2. The molecule has 4 saturated carbocycles. The molecule has 4 aliphatic carbocycles.